The number of anilines is 1. The van der Waals surface area contributed by atoms with Gasteiger partial charge in [-0.05, 0) is 19.1 Å². The molecule has 0 aromatic heterocycles. The molecule has 1 aliphatic rings. The number of hydrogen-bond donors (Lipinski definition) is 1. The van der Waals surface area contributed by atoms with Crippen LogP contribution in [0.5, 0.6) is 0 Å². The molecule has 1 aromatic rings. The summed E-state index contributed by atoms with van der Waals surface area (Å²) in [7, 11) is 0. The Balaban J connectivity index is 1.90. The molecular formula is C14H17ClN4O. The van der Waals surface area contributed by atoms with Crippen molar-refractivity contribution < 1.29 is 4.79 Å². The quantitative estimate of drug-likeness (QED) is 0.910. The largest absolute Gasteiger partial charge is 0.322 e. The molecule has 1 aromatic carbocycles. The molecule has 0 aliphatic carbocycles. The number of para-hydroxylation sites is 1. The van der Waals surface area contributed by atoms with Gasteiger partial charge in [-0.25, -0.2) is 4.79 Å². The van der Waals surface area contributed by atoms with Crippen molar-refractivity contribution in [2.24, 2.45) is 0 Å². The fourth-order valence-corrected chi connectivity index (χ4v) is 2.33. The Morgan fingerprint density at radius 3 is 2.60 bits per heavy atom. The maximum absolute atomic E-state index is 12.1. The van der Waals surface area contributed by atoms with Crippen LogP contribution in [0.3, 0.4) is 0 Å². The number of piperazine rings is 1. The van der Waals surface area contributed by atoms with Crippen molar-refractivity contribution in [1.82, 2.24) is 9.80 Å². The van der Waals surface area contributed by atoms with Crippen LogP contribution in [0.25, 0.3) is 0 Å². The van der Waals surface area contributed by atoms with Crippen LogP contribution >= 0.6 is 11.6 Å². The van der Waals surface area contributed by atoms with Gasteiger partial charge < -0.3 is 10.2 Å². The number of rotatable bonds is 2. The molecule has 1 fully saturated rings. The van der Waals surface area contributed by atoms with Crippen LogP contribution in [0.1, 0.15) is 6.92 Å². The lowest BCUT2D eigenvalue weighted by Gasteiger charge is -2.35. The van der Waals surface area contributed by atoms with E-state index in [2.05, 4.69) is 16.3 Å². The molecule has 1 atom stereocenters. The van der Waals surface area contributed by atoms with Crippen LogP contribution in [-0.4, -0.2) is 48.1 Å². The van der Waals surface area contributed by atoms with Crippen LogP contribution in [-0.2, 0) is 0 Å². The first-order valence-corrected chi connectivity index (χ1v) is 6.93. The van der Waals surface area contributed by atoms with E-state index in [4.69, 9.17) is 16.9 Å². The zero-order valence-electron chi connectivity index (χ0n) is 11.3. The lowest BCUT2D eigenvalue weighted by molar-refractivity contribution is 0.135. The average molecular weight is 293 g/mol. The highest BCUT2D eigenvalue weighted by atomic mass is 35.5. The van der Waals surface area contributed by atoms with Crippen molar-refractivity contribution in [3.63, 3.8) is 0 Å². The van der Waals surface area contributed by atoms with Gasteiger partial charge in [-0.3, -0.25) is 4.90 Å². The van der Waals surface area contributed by atoms with Crippen molar-refractivity contribution in [2.45, 2.75) is 13.0 Å². The molecule has 2 rings (SSSR count). The molecule has 1 unspecified atom stereocenters. The van der Waals surface area contributed by atoms with Crippen molar-refractivity contribution >= 4 is 23.3 Å². The summed E-state index contributed by atoms with van der Waals surface area (Å²) in [6.07, 6.45) is 0. The van der Waals surface area contributed by atoms with E-state index in [1.807, 2.05) is 19.1 Å². The zero-order chi connectivity index (χ0) is 14.5. The summed E-state index contributed by atoms with van der Waals surface area (Å²) in [5, 5.41) is 12.2. The number of benzene rings is 1. The highest BCUT2D eigenvalue weighted by Gasteiger charge is 2.24. The first-order valence-electron chi connectivity index (χ1n) is 6.56. The molecule has 0 radical (unpaired) electrons. The van der Waals surface area contributed by atoms with E-state index in [9.17, 15) is 4.79 Å². The van der Waals surface area contributed by atoms with E-state index < -0.39 is 0 Å². The average Bonchev–Trinajstić information content (AvgIpc) is 2.49. The maximum Gasteiger partial charge on any atom is 0.321 e. The van der Waals surface area contributed by atoms with E-state index in [1.165, 1.54) is 0 Å². The third-order valence-corrected chi connectivity index (χ3v) is 3.78. The van der Waals surface area contributed by atoms with Crippen molar-refractivity contribution in [2.75, 3.05) is 31.5 Å². The topological polar surface area (TPSA) is 59.4 Å². The number of nitrogens with zero attached hydrogens (tertiary/aromatic N) is 3. The van der Waals surface area contributed by atoms with Gasteiger partial charge in [0.05, 0.1) is 22.8 Å². The SMILES string of the molecule is CC(C#N)N1CCN(C(=O)Nc2ccccc2Cl)CC1. The van der Waals surface area contributed by atoms with Gasteiger partial charge in [0, 0.05) is 26.2 Å². The second-order valence-electron chi connectivity index (χ2n) is 4.74. The normalized spacial score (nSPS) is 17.4. The summed E-state index contributed by atoms with van der Waals surface area (Å²) < 4.78 is 0. The fraction of sp³-hybridized carbons (Fsp3) is 0.429. The third kappa shape index (κ3) is 3.41. The summed E-state index contributed by atoms with van der Waals surface area (Å²) in [6, 6.07) is 9.12. The fourth-order valence-electron chi connectivity index (χ4n) is 2.15. The minimum atomic E-state index is -0.151. The summed E-state index contributed by atoms with van der Waals surface area (Å²) in [5.41, 5.74) is 0.618. The number of nitrogens with one attached hydrogen (secondary N) is 1. The van der Waals surface area contributed by atoms with Gasteiger partial charge in [-0.2, -0.15) is 5.26 Å². The van der Waals surface area contributed by atoms with Crippen LogP contribution in [0, 0.1) is 11.3 Å². The molecule has 0 bridgehead atoms. The predicted octanol–water partition coefficient (Wildman–Crippen LogP) is 2.40. The van der Waals surface area contributed by atoms with Crippen LogP contribution in [0.4, 0.5) is 10.5 Å². The number of hydrogen-bond acceptors (Lipinski definition) is 3. The lowest BCUT2D eigenvalue weighted by atomic mass is 10.2. The number of halogens is 1. The Hall–Kier alpha value is -1.77. The van der Waals surface area contributed by atoms with Gasteiger partial charge in [0.25, 0.3) is 0 Å². The van der Waals surface area contributed by atoms with E-state index in [1.54, 1.807) is 17.0 Å². The molecular weight excluding hydrogens is 276 g/mol. The monoisotopic (exact) mass is 292 g/mol. The molecule has 1 heterocycles. The molecule has 1 saturated heterocycles. The van der Waals surface area contributed by atoms with Gasteiger partial charge in [-0.15, -0.1) is 0 Å². The number of carbonyl (C=O) groups excluding carboxylic acids is 1. The molecule has 6 heteroatoms. The smallest absolute Gasteiger partial charge is 0.321 e. The predicted molar refractivity (Wildman–Crippen MR) is 78.7 cm³/mol. The molecule has 5 nitrogen and oxygen atoms in total. The molecule has 1 aliphatic heterocycles. The third-order valence-electron chi connectivity index (χ3n) is 3.45. The minimum Gasteiger partial charge on any atom is -0.322 e. The van der Waals surface area contributed by atoms with E-state index in [0.717, 1.165) is 0 Å². The molecule has 106 valence electrons. The minimum absolute atomic E-state index is 0.108. The Labute approximate surface area is 123 Å². The molecule has 1 N–H and O–H groups in total. The van der Waals surface area contributed by atoms with Crippen LogP contribution in [0.15, 0.2) is 24.3 Å². The Bertz CT molecular complexity index is 520. The summed E-state index contributed by atoms with van der Waals surface area (Å²) in [5.74, 6) is 0. The molecule has 2 amide bonds. The Kier molecular flexibility index (Phi) is 4.83. The van der Waals surface area contributed by atoms with Gasteiger partial charge in [0.1, 0.15) is 0 Å². The highest BCUT2D eigenvalue weighted by molar-refractivity contribution is 6.33. The van der Waals surface area contributed by atoms with Gasteiger partial charge in [0.2, 0.25) is 0 Å². The van der Waals surface area contributed by atoms with Gasteiger partial charge in [0.15, 0.2) is 0 Å². The van der Waals surface area contributed by atoms with E-state index >= 15 is 0 Å². The zero-order valence-corrected chi connectivity index (χ0v) is 12.1. The summed E-state index contributed by atoms with van der Waals surface area (Å²) in [6.45, 7) is 4.53. The van der Waals surface area contributed by atoms with Crippen LogP contribution < -0.4 is 5.32 Å². The standard InChI is InChI=1S/C14H17ClN4O/c1-11(10-16)18-6-8-19(9-7-18)14(20)17-13-5-3-2-4-12(13)15/h2-5,11H,6-9H2,1H3,(H,17,20). The Morgan fingerprint density at radius 1 is 1.35 bits per heavy atom. The van der Waals surface area contributed by atoms with Gasteiger partial charge in [-0.1, -0.05) is 23.7 Å². The van der Waals surface area contributed by atoms with Gasteiger partial charge >= 0.3 is 6.03 Å². The first-order chi connectivity index (χ1) is 9.61. The maximum atomic E-state index is 12.1. The number of carbonyl (C=O) groups is 1. The summed E-state index contributed by atoms with van der Waals surface area (Å²) >= 11 is 6.01. The van der Waals surface area contributed by atoms with E-state index in [0.29, 0.717) is 36.9 Å². The molecule has 0 saturated carbocycles. The van der Waals surface area contributed by atoms with Crippen molar-refractivity contribution in [3.05, 3.63) is 29.3 Å². The summed E-state index contributed by atoms with van der Waals surface area (Å²) in [4.78, 5) is 15.9. The second kappa shape index (κ2) is 6.60. The molecule has 0 spiro atoms. The Morgan fingerprint density at radius 2 is 2.00 bits per heavy atom. The highest BCUT2D eigenvalue weighted by Crippen LogP contribution is 2.21. The van der Waals surface area contributed by atoms with Crippen molar-refractivity contribution in [3.8, 4) is 6.07 Å². The second-order valence-corrected chi connectivity index (χ2v) is 5.15. The number of amides is 2. The number of nitriles is 1. The molecule has 20 heavy (non-hydrogen) atoms. The number of urea groups is 1. The lowest BCUT2D eigenvalue weighted by Crippen LogP contribution is -2.52. The van der Waals surface area contributed by atoms with Crippen molar-refractivity contribution in [1.29, 1.82) is 5.26 Å². The van der Waals surface area contributed by atoms with Crippen LogP contribution in [0.2, 0.25) is 5.02 Å². The first kappa shape index (κ1) is 14.6. The van der Waals surface area contributed by atoms with E-state index in [-0.39, 0.29) is 12.1 Å².